The SMILES string of the molecule is CCCCC[N+](CCCCC)(CCCCC)C(CCCC)c1c(OB(Oc2cc(C(F)(F)F)cc(C(F)(F)F)c2)Oc2cc(C(F)(F)F)cc(C(F)(F)F)c2)cc(C(F)(F)F)cc1C(F)(F)F.FC(F)(F)c1c[c-]cc(C(F)(F)F)c1. The van der Waals surface area contributed by atoms with Crippen LogP contribution in [0.4, 0.5) is 105 Å². The lowest BCUT2D eigenvalue weighted by Gasteiger charge is -2.47. The van der Waals surface area contributed by atoms with E-state index in [0.717, 1.165) is 0 Å². The first-order valence-electron chi connectivity index (χ1n) is 24.9. The lowest BCUT2D eigenvalue weighted by Crippen LogP contribution is -2.53. The Morgan fingerprint density at radius 2 is 0.679 bits per heavy atom. The molecular formula is C52H54BF24NO3. The van der Waals surface area contributed by atoms with Gasteiger partial charge in [-0.15, -0.1) is 6.07 Å². The summed E-state index contributed by atoms with van der Waals surface area (Å²) in [5.41, 5.74) is -16.0. The van der Waals surface area contributed by atoms with E-state index in [4.69, 9.17) is 14.0 Å². The monoisotopic (exact) mass is 1210 g/mol. The van der Waals surface area contributed by atoms with Crippen molar-refractivity contribution in [2.75, 3.05) is 19.6 Å². The van der Waals surface area contributed by atoms with E-state index in [-0.39, 0.29) is 79.4 Å². The van der Waals surface area contributed by atoms with E-state index in [1.807, 2.05) is 20.8 Å². The minimum absolute atomic E-state index is 0.0443. The van der Waals surface area contributed by atoms with Gasteiger partial charge in [-0.05, 0) is 93.5 Å². The molecule has 456 valence electrons. The van der Waals surface area contributed by atoms with Crippen LogP contribution in [0.1, 0.15) is 161 Å². The van der Waals surface area contributed by atoms with Crippen molar-refractivity contribution in [3.8, 4) is 17.2 Å². The van der Waals surface area contributed by atoms with Gasteiger partial charge in [-0.1, -0.05) is 64.5 Å². The van der Waals surface area contributed by atoms with E-state index in [1.54, 1.807) is 13.0 Å². The number of hydrogen-bond donors (Lipinski definition) is 0. The van der Waals surface area contributed by atoms with Gasteiger partial charge in [-0.2, -0.15) is 124 Å². The molecule has 0 spiro atoms. The Balaban J connectivity index is 0.00000107. The van der Waals surface area contributed by atoms with Gasteiger partial charge in [0.25, 0.3) is 0 Å². The molecule has 4 aromatic rings. The third-order valence-electron chi connectivity index (χ3n) is 12.5. The van der Waals surface area contributed by atoms with Gasteiger partial charge in [0.05, 0.1) is 58.6 Å². The molecular weight excluding hydrogens is 1150 g/mol. The van der Waals surface area contributed by atoms with Crippen molar-refractivity contribution in [2.45, 2.75) is 160 Å². The summed E-state index contributed by atoms with van der Waals surface area (Å²) in [4.78, 5) is 0. The predicted molar refractivity (Wildman–Crippen MR) is 248 cm³/mol. The van der Waals surface area contributed by atoms with Gasteiger partial charge in [0, 0.05) is 6.42 Å². The van der Waals surface area contributed by atoms with Crippen molar-refractivity contribution in [1.29, 1.82) is 0 Å². The zero-order chi connectivity index (χ0) is 61.8. The van der Waals surface area contributed by atoms with Crippen LogP contribution < -0.4 is 14.0 Å². The average molecular weight is 1210 g/mol. The van der Waals surface area contributed by atoms with Gasteiger partial charge in [-0.25, -0.2) is 0 Å². The number of alkyl halides is 24. The van der Waals surface area contributed by atoms with Gasteiger partial charge in [0.1, 0.15) is 23.3 Å². The second-order valence-electron chi connectivity index (χ2n) is 18.7. The molecule has 0 saturated heterocycles. The molecule has 0 aromatic heterocycles. The number of quaternary nitrogens is 1. The van der Waals surface area contributed by atoms with Crippen LogP contribution in [0.3, 0.4) is 0 Å². The highest BCUT2D eigenvalue weighted by molar-refractivity contribution is 6.39. The molecule has 81 heavy (non-hydrogen) atoms. The minimum atomic E-state index is -5.65. The Labute approximate surface area is 450 Å². The molecule has 0 amide bonds. The summed E-state index contributed by atoms with van der Waals surface area (Å²) < 4.78 is 346. The van der Waals surface area contributed by atoms with Crippen molar-refractivity contribution < 1.29 is 124 Å². The minimum Gasteiger partial charge on any atom is -0.490 e. The summed E-state index contributed by atoms with van der Waals surface area (Å²) in [7, 11) is -3.27. The van der Waals surface area contributed by atoms with Crippen LogP contribution in [0.15, 0.2) is 66.7 Å². The molecule has 4 aromatic carbocycles. The van der Waals surface area contributed by atoms with Crippen LogP contribution in [0.25, 0.3) is 0 Å². The Morgan fingerprint density at radius 1 is 0.370 bits per heavy atom. The Hall–Kier alpha value is -5.38. The molecule has 4 rings (SSSR count). The standard InChI is InChI=1S/C44H51BF18NO3.C8H3F6/c1-5-9-13-17-64(18-14-10-6-2,19-15-11-7-3)36(16-12-8-4)38-35(44(61,62)63)26-32(43(58,59)60)27-37(38)67-45(65-33-22-28(39(46,47)48)20-29(23-33)40(49,50)51)66-34-24-30(41(52,53)54)21-31(25-34)42(55,56)57;9-7(10,11)5-2-1-3-6(4-5)8(12,13)14/h20-27,36H,5-19H2,1-4H3;2-4H/q+1;-1. The molecule has 4 nitrogen and oxygen atoms in total. The van der Waals surface area contributed by atoms with Crippen molar-refractivity contribution in [1.82, 2.24) is 0 Å². The number of halogens is 24. The predicted octanol–water partition coefficient (Wildman–Crippen LogP) is 20.5. The summed E-state index contributed by atoms with van der Waals surface area (Å²) >= 11 is 0. The molecule has 0 aliphatic rings. The van der Waals surface area contributed by atoms with E-state index in [0.29, 0.717) is 76.3 Å². The Bertz CT molecular complexity index is 2400. The van der Waals surface area contributed by atoms with Crippen molar-refractivity contribution in [2.24, 2.45) is 0 Å². The average Bonchev–Trinajstić information content (AvgIpc) is 3.32. The molecule has 0 radical (unpaired) electrons. The first kappa shape index (κ1) is 69.9. The molecule has 1 atom stereocenters. The largest absolute Gasteiger partial charge is 0.864 e. The van der Waals surface area contributed by atoms with Crippen LogP contribution in [0.5, 0.6) is 17.2 Å². The van der Waals surface area contributed by atoms with Gasteiger partial charge in [0.2, 0.25) is 0 Å². The number of benzene rings is 4. The van der Waals surface area contributed by atoms with Gasteiger partial charge < -0.3 is 18.4 Å². The first-order valence-corrected chi connectivity index (χ1v) is 24.9. The van der Waals surface area contributed by atoms with Crippen molar-refractivity contribution in [3.05, 3.63) is 123 Å². The number of nitrogens with zero attached hydrogens (tertiary/aromatic N) is 1. The number of hydrogen-bond acceptors (Lipinski definition) is 3. The highest BCUT2D eigenvalue weighted by Gasteiger charge is 2.49. The second-order valence-corrected chi connectivity index (χ2v) is 18.7. The topological polar surface area (TPSA) is 27.7 Å². The molecule has 0 aliphatic heterocycles. The number of unbranched alkanes of at least 4 members (excludes halogenated alkanes) is 7. The molecule has 0 saturated carbocycles. The fourth-order valence-electron chi connectivity index (χ4n) is 8.57. The van der Waals surface area contributed by atoms with Crippen LogP contribution in [-0.4, -0.2) is 31.4 Å². The lowest BCUT2D eigenvalue weighted by atomic mass is 9.88. The van der Waals surface area contributed by atoms with E-state index in [2.05, 4.69) is 0 Å². The van der Waals surface area contributed by atoms with E-state index in [9.17, 15) is 92.2 Å². The third kappa shape index (κ3) is 21.1. The smallest absolute Gasteiger partial charge is 0.490 e. The van der Waals surface area contributed by atoms with Gasteiger partial charge >= 0.3 is 56.7 Å². The third-order valence-corrected chi connectivity index (χ3v) is 12.5. The Morgan fingerprint density at radius 3 is 0.975 bits per heavy atom. The van der Waals surface area contributed by atoms with Crippen LogP contribution in [-0.2, 0) is 49.4 Å². The van der Waals surface area contributed by atoms with E-state index >= 15 is 13.2 Å². The maximum absolute atomic E-state index is 15.5. The second kappa shape index (κ2) is 27.8. The fourth-order valence-corrected chi connectivity index (χ4v) is 8.57. The molecule has 0 heterocycles. The molecule has 0 fully saturated rings. The van der Waals surface area contributed by atoms with E-state index < -0.39 is 142 Å². The summed E-state index contributed by atoms with van der Waals surface area (Å²) in [6, 6.07) is -0.0708. The fraction of sp³-hybridized carbons (Fsp3) is 0.538. The maximum Gasteiger partial charge on any atom is 0.864 e. The van der Waals surface area contributed by atoms with Gasteiger partial charge in [0.15, 0.2) is 0 Å². The highest BCUT2D eigenvalue weighted by Crippen LogP contribution is 2.50. The Kier molecular flexibility index (Phi) is 24.0. The summed E-state index contributed by atoms with van der Waals surface area (Å²) in [5.74, 6) is -4.54. The molecule has 1 unspecified atom stereocenters. The number of rotatable bonds is 23. The lowest BCUT2D eigenvalue weighted by molar-refractivity contribution is -0.958. The van der Waals surface area contributed by atoms with Crippen LogP contribution in [0, 0.1) is 6.07 Å². The molecule has 0 bridgehead atoms. The summed E-state index contributed by atoms with van der Waals surface area (Å²) in [6.45, 7) is 7.77. The zero-order valence-electron chi connectivity index (χ0n) is 43.4. The first-order chi connectivity index (χ1) is 37.0. The molecule has 0 aliphatic carbocycles. The normalized spacial score (nSPS) is 13.6. The quantitative estimate of drug-likeness (QED) is 0.0244. The van der Waals surface area contributed by atoms with Crippen LogP contribution >= 0.6 is 0 Å². The molecule has 0 N–H and O–H groups in total. The maximum atomic E-state index is 15.5. The highest BCUT2D eigenvalue weighted by atomic mass is 19.4. The zero-order valence-corrected chi connectivity index (χ0v) is 43.4. The summed E-state index contributed by atoms with van der Waals surface area (Å²) in [5, 5.41) is 0. The van der Waals surface area contributed by atoms with Crippen LogP contribution in [0.2, 0.25) is 0 Å². The molecule has 29 heteroatoms. The van der Waals surface area contributed by atoms with Crippen molar-refractivity contribution in [3.63, 3.8) is 0 Å². The van der Waals surface area contributed by atoms with E-state index in [1.165, 1.54) is 0 Å². The summed E-state index contributed by atoms with van der Waals surface area (Å²) in [6.07, 6.45) is -38.0. The van der Waals surface area contributed by atoms with Gasteiger partial charge in [-0.3, -0.25) is 0 Å². The van der Waals surface area contributed by atoms with Crippen molar-refractivity contribution >= 4 is 7.32 Å².